The van der Waals surface area contributed by atoms with Crippen LogP contribution < -0.4 is 0 Å². The van der Waals surface area contributed by atoms with Gasteiger partial charge in [-0.3, -0.25) is 4.79 Å². The van der Waals surface area contributed by atoms with Gasteiger partial charge in [0, 0.05) is 0 Å². The Hall–Kier alpha value is -0.600. The van der Waals surface area contributed by atoms with Crippen LogP contribution in [-0.2, 0) is 4.79 Å². The molecule has 0 aliphatic rings. The van der Waals surface area contributed by atoms with Gasteiger partial charge in [-0.05, 0) is 0 Å². The standard InChI is InChI=1S/C6H11FO6/c7-6(13)5(12)4(11)3(10)2(9)1-8/h2-3,5-6,8-10,12-13H,1H2/t2-,3+,5-,6?/m0/s1. The molecule has 7 heteroatoms. The summed E-state index contributed by atoms with van der Waals surface area (Å²) in [6.45, 7) is -0.915. The number of alkyl halides is 1. The largest absolute Gasteiger partial charge is 0.394 e. The Morgan fingerprint density at radius 3 is 1.92 bits per heavy atom. The van der Waals surface area contributed by atoms with Gasteiger partial charge < -0.3 is 25.5 Å². The molecule has 6 nitrogen and oxygen atoms in total. The van der Waals surface area contributed by atoms with Crippen molar-refractivity contribution in [3.8, 4) is 0 Å². The molecule has 0 saturated heterocycles. The monoisotopic (exact) mass is 198 g/mol. The third-order valence-corrected chi connectivity index (χ3v) is 1.40. The van der Waals surface area contributed by atoms with Crippen LogP contribution in [0.1, 0.15) is 0 Å². The van der Waals surface area contributed by atoms with Crippen LogP contribution in [-0.4, -0.2) is 62.6 Å². The lowest BCUT2D eigenvalue weighted by atomic mass is 10.1. The van der Waals surface area contributed by atoms with E-state index in [0.29, 0.717) is 0 Å². The molecular weight excluding hydrogens is 187 g/mol. The Morgan fingerprint density at radius 2 is 1.62 bits per heavy atom. The number of hydrogen-bond donors (Lipinski definition) is 5. The van der Waals surface area contributed by atoms with E-state index in [0.717, 1.165) is 0 Å². The number of carbonyl (C=O) groups excluding carboxylic acids is 1. The molecule has 0 amide bonds. The van der Waals surface area contributed by atoms with Crippen molar-refractivity contribution < 1.29 is 34.7 Å². The maximum Gasteiger partial charge on any atom is 0.229 e. The molecule has 0 saturated carbocycles. The number of carbonyl (C=O) groups is 1. The highest BCUT2D eigenvalue weighted by atomic mass is 19.1. The van der Waals surface area contributed by atoms with E-state index in [4.69, 9.17) is 25.5 Å². The molecule has 0 heterocycles. The number of aliphatic hydroxyl groups excluding tert-OH is 5. The fraction of sp³-hybridized carbons (Fsp3) is 0.833. The summed E-state index contributed by atoms with van der Waals surface area (Å²) < 4.78 is 11.9. The zero-order valence-corrected chi connectivity index (χ0v) is 6.54. The third-order valence-electron chi connectivity index (χ3n) is 1.40. The lowest BCUT2D eigenvalue weighted by Gasteiger charge is -2.17. The van der Waals surface area contributed by atoms with Crippen LogP contribution in [0.4, 0.5) is 4.39 Å². The first-order chi connectivity index (χ1) is 5.91. The molecule has 0 spiro atoms. The lowest BCUT2D eigenvalue weighted by molar-refractivity contribution is -0.156. The summed E-state index contributed by atoms with van der Waals surface area (Å²) in [5.74, 6) is -1.49. The Morgan fingerprint density at radius 1 is 1.15 bits per heavy atom. The summed E-state index contributed by atoms with van der Waals surface area (Å²) in [5, 5.41) is 42.5. The molecule has 0 bridgehead atoms. The van der Waals surface area contributed by atoms with Crippen LogP contribution in [0.5, 0.6) is 0 Å². The fourth-order valence-electron chi connectivity index (χ4n) is 0.600. The van der Waals surface area contributed by atoms with Crippen molar-refractivity contribution in [2.75, 3.05) is 6.61 Å². The van der Waals surface area contributed by atoms with Gasteiger partial charge in [0.25, 0.3) is 0 Å². The van der Waals surface area contributed by atoms with Crippen LogP contribution in [0.25, 0.3) is 0 Å². The minimum Gasteiger partial charge on any atom is -0.394 e. The maximum absolute atomic E-state index is 11.9. The van der Waals surface area contributed by atoms with E-state index in [2.05, 4.69) is 0 Å². The van der Waals surface area contributed by atoms with Crippen molar-refractivity contribution in [2.45, 2.75) is 24.7 Å². The van der Waals surface area contributed by atoms with E-state index in [-0.39, 0.29) is 0 Å². The smallest absolute Gasteiger partial charge is 0.229 e. The third kappa shape index (κ3) is 3.33. The zero-order valence-electron chi connectivity index (χ0n) is 6.54. The minimum atomic E-state index is -2.83. The molecule has 0 aliphatic heterocycles. The van der Waals surface area contributed by atoms with E-state index in [1.165, 1.54) is 0 Å². The number of rotatable bonds is 5. The SMILES string of the molecule is O=C([C@H](O)C(O)F)[C@H](O)[C@@H](O)CO. The number of ketones is 1. The van der Waals surface area contributed by atoms with E-state index in [9.17, 15) is 9.18 Å². The van der Waals surface area contributed by atoms with Crippen molar-refractivity contribution in [3.05, 3.63) is 0 Å². The summed E-state index contributed by atoms with van der Waals surface area (Å²) in [4.78, 5) is 10.7. The molecule has 0 aliphatic carbocycles. The Balaban J connectivity index is 4.25. The van der Waals surface area contributed by atoms with Gasteiger partial charge >= 0.3 is 0 Å². The topological polar surface area (TPSA) is 118 Å². The highest BCUT2D eigenvalue weighted by Gasteiger charge is 2.33. The first kappa shape index (κ1) is 12.4. The maximum atomic E-state index is 11.9. The van der Waals surface area contributed by atoms with Gasteiger partial charge in [-0.2, -0.15) is 0 Å². The second-order valence-electron chi connectivity index (χ2n) is 2.41. The second-order valence-corrected chi connectivity index (χ2v) is 2.41. The molecule has 4 atom stereocenters. The van der Waals surface area contributed by atoms with Gasteiger partial charge in [-0.25, -0.2) is 4.39 Å². The zero-order chi connectivity index (χ0) is 10.6. The molecule has 5 N–H and O–H groups in total. The van der Waals surface area contributed by atoms with Crippen molar-refractivity contribution in [3.63, 3.8) is 0 Å². The average Bonchev–Trinajstić information content (AvgIpc) is 2.12. The van der Waals surface area contributed by atoms with Crippen LogP contribution in [0.15, 0.2) is 0 Å². The van der Waals surface area contributed by atoms with E-state index in [1.807, 2.05) is 0 Å². The number of hydrogen-bond acceptors (Lipinski definition) is 6. The fourth-order valence-corrected chi connectivity index (χ4v) is 0.600. The number of Topliss-reactive ketones (excluding diaryl/α,β-unsaturated/α-hetero) is 1. The molecule has 0 aromatic rings. The van der Waals surface area contributed by atoms with Crippen LogP contribution in [0.3, 0.4) is 0 Å². The molecule has 78 valence electrons. The summed E-state index contributed by atoms with van der Waals surface area (Å²) in [6, 6.07) is 0. The molecule has 13 heavy (non-hydrogen) atoms. The Labute approximate surface area is 72.9 Å². The van der Waals surface area contributed by atoms with E-state index in [1.54, 1.807) is 0 Å². The molecule has 0 radical (unpaired) electrons. The van der Waals surface area contributed by atoms with Gasteiger partial charge in [-0.15, -0.1) is 0 Å². The van der Waals surface area contributed by atoms with Crippen LogP contribution in [0, 0.1) is 0 Å². The molecule has 0 aromatic heterocycles. The predicted molar refractivity (Wildman–Crippen MR) is 37.2 cm³/mol. The molecular formula is C6H11FO6. The lowest BCUT2D eigenvalue weighted by Crippen LogP contribution is -2.45. The second kappa shape index (κ2) is 5.20. The first-order valence-corrected chi connectivity index (χ1v) is 3.42. The summed E-state index contributed by atoms with van der Waals surface area (Å²) in [7, 11) is 0. The molecule has 1 unspecified atom stereocenters. The molecule has 0 fully saturated rings. The van der Waals surface area contributed by atoms with Gasteiger partial charge in [0.1, 0.15) is 12.2 Å². The van der Waals surface area contributed by atoms with Gasteiger partial charge in [0.2, 0.25) is 6.36 Å². The van der Waals surface area contributed by atoms with Crippen molar-refractivity contribution >= 4 is 5.78 Å². The van der Waals surface area contributed by atoms with Crippen molar-refractivity contribution in [2.24, 2.45) is 0 Å². The number of halogens is 1. The highest BCUT2D eigenvalue weighted by Crippen LogP contribution is 2.03. The summed E-state index contributed by atoms with van der Waals surface area (Å²) >= 11 is 0. The van der Waals surface area contributed by atoms with Crippen molar-refractivity contribution in [1.29, 1.82) is 0 Å². The molecule has 0 aromatic carbocycles. The van der Waals surface area contributed by atoms with Crippen molar-refractivity contribution in [1.82, 2.24) is 0 Å². The van der Waals surface area contributed by atoms with Crippen LogP contribution in [0.2, 0.25) is 0 Å². The summed E-state index contributed by atoms with van der Waals surface area (Å²) in [6.07, 6.45) is -9.17. The Bertz CT molecular complexity index is 173. The minimum absolute atomic E-state index is 0.915. The Kier molecular flexibility index (Phi) is 4.96. The van der Waals surface area contributed by atoms with Gasteiger partial charge in [0.05, 0.1) is 6.61 Å². The first-order valence-electron chi connectivity index (χ1n) is 3.42. The van der Waals surface area contributed by atoms with Crippen LogP contribution >= 0.6 is 0 Å². The quantitative estimate of drug-likeness (QED) is 0.319. The number of aliphatic hydroxyl groups is 5. The average molecular weight is 198 g/mol. The molecule has 0 rings (SSSR count). The predicted octanol–water partition coefficient (Wildman–Crippen LogP) is -3.08. The van der Waals surface area contributed by atoms with E-state index < -0.39 is 37.1 Å². The van der Waals surface area contributed by atoms with Gasteiger partial charge in [0.15, 0.2) is 11.9 Å². The van der Waals surface area contributed by atoms with E-state index >= 15 is 0 Å². The van der Waals surface area contributed by atoms with Gasteiger partial charge in [-0.1, -0.05) is 0 Å². The summed E-state index contributed by atoms with van der Waals surface area (Å²) in [5.41, 5.74) is 0. The highest BCUT2D eigenvalue weighted by molar-refractivity contribution is 5.87. The normalized spacial score (nSPS) is 20.5.